The minimum absolute atomic E-state index is 0.0451. The van der Waals surface area contributed by atoms with Gasteiger partial charge in [-0.1, -0.05) is 13.8 Å². The van der Waals surface area contributed by atoms with Crippen molar-refractivity contribution in [3.8, 4) is 0 Å². The summed E-state index contributed by atoms with van der Waals surface area (Å²) < 4.78 is 0. The van der Waals surface area contributed by atoms with E-state index in [1.807, 2.05) is 9.80 Å². The number of nitrogens with zero attached hydrogens (tertiary/aromatic N) is 3. The predicted molar refractivity (Wildman–Crippen MR) is 93.3 cm³/mol. The van der Waals surface area contributed by atoms with Crippen LogP contribution in [0.15, 0.2) is 0 Å². The first-order chi connectivity index (χ1) is 11.5. The zero-order valence-electron chi connectivity index (χ0n) is 15.2. The van der Waals surface area contributed by atoms with Crippen LogP contribution in [0.2, 0.25) is 0 Å². The van der Waals surface area contributed by atoms with Gasteiger partial charge in [0, 0.05) is 38.6 Å². The molecule has 136 valence electrons. The smallest absolute Gasteiger partial charge is 0.228 e. The van der Waals surface area contributed by atoms with Crippen LogP contribution in [0.4, 0.5) is 0 Å². The molecule has 3 atom stereocenters. The van der Waals surface area contributed by atoms with E-state index < -0.39 is 0 Å². The van der Waals surface area contributed by atoms with E-state index >= 15 is 0 Å². The molecule has 0 bridgehead atoms. The summed E-state index contributed by atoms with van der Waals surface area (Å²) in [6, 6.07) is 0.472. The van der Waals surface area contributed by atoms with Crippen LogP contribution in [0.3, 0.4) is 0 Å². The summed E-state index contributed by atoms with van der Waals surface area (Å²) in [6.07, 6.45) is 3.73. The van der Waals surface area contributed by atoms with E-state index in [0.29, 0.717) is 25.6 Å². The summed E-state index contributed by atoms with van der Waals surface area (Å²) in [4.78, 5) is 31.5. The van der Waals surface area contributed by atoms with Crippen LogP contribution < -0.4 is 5.73 Å². The number of carbonyl (C=O) groups excluding carboxylic acids is 2. The molecule has 3 aliphatic heterocycles. The van der Waals surface area contributed by atoms with Crippen molar-refractivity contribution in [2.75, 3.05) is 45.8 Å². The second-order valence-corrected chi connectivity index (χ2v) is 8.15. The van der Waals surface area contributed by atoms with Gasteiger partial charge in [0.15, 0.2) is 0 Å². The molecule has 0 aromatic heterocycles. The number of hydrogen-bond donors (Lipinski definition) is 1. The minimum Gasteiger partial charge on any atom is -0.342 e. The highest BCUT2D eigenvalue weighted by molar-refractivity contribution is 5.89. The molecule has 24 heavy (non-hydrogen) atoms. The number of nitrogens with two attached hydrogens (primary N) is 1. The lowest BCUT2D eigenvalue weighted by molar-refractivity contribution is -0.135. The molecule has 0 radical (unpaired) electrons. The summed E-state index contributed by atoms with van der Waals surface area (Å²) in [5, 5.41) is 0. The maximum absolute atomic E-state index is 12.8. The molecule has 0 aromatic rings. The van der Waals surface area contributed by atoms with E-state index in [-0.39, 0.29) is 23.1 Å². The Morgan fingerprint density at radius 2 is 2.17 bits per heavy atom. The van der Waals surface area contributed by atoms with Crippen LogP contribution in [0.1, 0.15) is 39.5 Å². The standard InChI is InChI=1S/C18H32N4O2/c1-3-20-7-4-5-15(20)11-22-10-14(9-16(22)23)17(24)21-8-6-18(2,12-19)13-21/h14-15H,3-13,19H2,1-2H3. The fourth-order valence-electron chi connectivity index (χ4n) is 4.52. The van der Waals surface area contributed by atoms with Gasteiger partial charge in [0.2, 0.25) is 11.8 Å². The average Bonchev–Trinajstić information content (AvgIpc) is 3.27. The van der Waals surface area contributed by atoms with Crippen molar-refractivity contribution < 1.29 is 9.59 Å². The highest BCUT2D eigenvalue weighted by Crippen LogP contribution is 2.31. The summed E-state index contributed by atoms with van der Waals surface area (Å²) >= 11 is 0. The zero-order valence-corrected chi connectivity index (χ0v) is 15.2. The van der Waals surface area contributed by atoms with Gasteiger partial charge in [0.05, 0.1) is 5.92 Å². The van der Waals surface area contributed by atoms with Gasteiger partial charge in [-0.15, -0.1) is 0 Å². The lowest BCUT2D eigenvalue weighted by Crippen LogP contribution is -2.42. The second-order valence-electron chi connectivity index (χ2n) is 8.15. The van der Waals surface area contributed by atoms with E-state index in [1.165, 1.54) is 6.42 Å². The van der Waals surface area contributed by atoms with Crippen molar-refractivity contribution in [3.05, 3.63) is 0 Å². The number of rotatable bonds is 5. The van der Waals surface area contributed by atoms with Gasteiger partial charge in [0.1, 0.15) is 0 Å². The lowest BCUT2D eigenvalue weighted by Gasteiger charge is -2.28. The zero-order chi connectivity index (χ0) is 17.3. The average molecular weight is 336 g/mol. The van der Waals surface area contributed by atoms with Crippen molar-refractivity contribution in [1.29, 1.82) is 0 Å². The first-order valence-electron chi connectivity index (χ1n) is 9.46. The number of carbonyl (C=O) groups is 2. The maximum atomic E-state index is 12.8. The molecule has 3 heterocycles. The van der Waals surface area contributed by atoms with Gasteiger partial charge < -0.3 is 15.5 Å². The molecule has 0 aromatic carbocycles. The molecule has 0 aliphatic carbocycles. The number of amides is 2. The fraction of sp³-hybridized carbons (Fsp3) is 0.889. The summed E-state index contributed by atoms with van der Waals surface area (Å²) in [5.74, 6) is 0.146. The molecule has 6 heteroatoms. The van der Waals surface area contributed by atoms with Gasteiger partial charge in [-0.2, -0.15) is 0 Å². The molecule has 3 unspecified atom stereocenters. The lowest BCUT2D eigenvalue weighted by atomic mass is 9.90. The fourth-order valence-corrected chi connectivity index (χ4v) is 4.52. The molecule has 6 nitrogen and oxygen atoms in total. The summed E-state index contributed by atoms with van der Waals surface area (Å²) in [6.45, 7) is 10.0. The van der Waals surface area contributed by atoms with Gasteiger partial charge in [0.25, 0.3) is 0 Å². The SMILES string of the molecule is CCN1CCCC1CN1CC(C(=O)N2CCC(C)(CN)C2)CC1=O. The molecule has 0 spiro atoms. The Balaban J connectivity index is 1.55. The van der Waals surface area contributed by atoms with E-state index in [0.717, 1.165) is 45.6 Å². The number of hydrogen-bond acceptors (Lipinski definition) is 4. The van der Waals surface area contributed by atoms with Crippen LogP contribution in [-0.2, 0) is 9.59 Å². The highest BCUT2D eigenvalue weighted by atomic mass is 16.2. The Labute approximate surface area is 145 Å². The van der Waals surface area contributed by atoms with Gasteiger partial charge >= 0.3 is 0 Å². The molecule has 3 aliphatic rings. The second kappa shape index (κ2) is 7.00. The Hall–Kier alpha value is -1.14. The third kappa shape index (κ3) is 3.45. The van der Waals surface area contributed by atoms with Crippen LogP contribution in [0.25, 0.3) is 0 Å². The van der Waals surface area contributed by atoms with Crippen LogP contribution in [0.5, 0.6) is 0 Å². The first kappa shape index (κ1) is 17.7. The Bertz CT molecular complexity index is 497. The van der Waals surface area contributed by atoms with Crippen molar-refractivity contribution in [2.24, 2.45) is 17.1 Å². The maximum Gasteiger partial charge on any atom is 0.228 e. The van der Waals surface area contributed by atoms with E-state index in [9.17, 15) is 9.59 Å². The third-order valence-corrected chi connectivity index (χ3v) is 6.26. The van der Waals surface area contributed by atoms with E-state index in [1.54, 1.807) is 0 Å². The molecule has 2 amide bonds. The molecular weight excluding hydrogens is 304 g/mol. The van der Waals surface area contributed by atoms with Crippen molar-refractivity contribution in [2.45, 2.75) is 45.6 Å². The topological polar surface area (TPSA) is 69.9 Å². The van der Waals surface area contributed by atoms with E-state index in [4.69, 9.17) is 5.73 Å². The third-order valence-electron chi connectivity index (χ3n) is 6.26. The van der Waals surface area contributed by atoms with Crippen molar-refractivity contribution in [1.82, 2.24) is 14.7 Å². The molecule has 3 fully saturated rings. The number of likely N-dealkylation sites (tertiary alicyclic amines) is 3. The molecule has 3 rings (SSSR count). The van der Waals surface area contributed by atoms with Crippen LogP contribution in [-0.4, -0.2) is 78.4 Å². The normalized spacial score (nSPS) is 34.5. The molecule has 2 N–H and O–H groups in total. The van der Waals surface area contributed by atoms with Gasteiger partial charge in [-0.05, 0) is 44.3 Å². The largest absolute Gasteiger partial charge is 0.342 e. The molecule has 0 saturated carbocycles. The van der Waals surface area contributed by atoms with Gasteiger partial charge in [-0.3, -0.25) is 14.5 Å². The van der Waals surface area contributed by atoms with Gasteiger partial charge in [-0.25, -0.2) is 0 Å². The van der Waals surface area contributed by atoms with Crippen LogP contribution in [0, 0.1) is 11.3 Å². The van der Waals surface area contributed by atoms with Crippen molar-refractivity contribution >= 4 is 11.8 Å². The van der Waals surface area contributed by atoms with Crippen LogP contribution >= 0.6 is 0 Å². The first-order valence-corrected chi connectivity index (χ1v) is 9.46. The molecular formula is C18H32N4O2. The highest BCUT2D eigenvalue weighted by Gasteiger charge is 2.42. The Kier molecular flexibility index (Phi) is 5.16. The Morgan fingerprint density at radius 1 is 1.38 bits per heavy atom. The Morgan fingerprint density at radius 3 is 2.83 bits per heavy atom. The monoisotopic (exact) mass is 336 g/mol. The summed E-state index contributed by atoms with van der Waals surface area (Å²) in [5.41, 5.74) is 5.89. The quantitative estimate of drug-likeness (QED) is 0.794. The predicted octanol–water partition coefficient (Wildman–Crippen LogP) is 0.517. The summed E-state index contributed by atoms with van der Waals surface area (Å²) in [7, 11) is 0. The number of likely N-dealkylation sites (N-methyl/N-ethyl adjacent to an activating group) is 1. The van der Waals surface area contributed by atoms with E-state index in [2.05, 4.69) is 18.7 Å². The van der Waals surface area contributed by atoms with Crippen molar-refractivity contribution in [3.63, 3.8) is 0 Å². The molecule has 3 saturated heterocycles. The minimum atomic E-state index is -0.158.